The van der Waals surface area contributed by atoms with Crippen LogP contribution in [0.15, 0.2) is 17.4 Å². The fourth-order valence-electron chi connectivity index (χ4n) is 3.23. The highest BCUT2D eigenvalue weighted by atomic mass is 31.2. The van der Waals surface area contributed by atoms with E-state index in [1.165, 1.54) is 33.8 Å². The summed E-state index contributed by atoms with van der Waals surface area (Å²) in [7, 11) is -4.88. The summed E-state index contributed by atoms with van der Waals surface area (Å²) in [5.41, 5.74) is 12.2. The highest BCUT2D eigenvalue weighted by Crippen LogP contribution is 2.51. The van der Waals surface area contributed by atoms with Gasteiger partial charge in [0, 0.05) is 11.1 Å². The summed E-state index contributed by atoms with van der Waals surface area (Å²) in [4.78, 5) is 38.9. The number of phosphoric ester groups is 1. The Kier molecular flexibility index (Phi) is 12.5. The molecule has 41 heavy (non-hydrogen) atoms. The van der Waals surface area contributed by atoms with E-state index in [9.17, 15) is 24.1 Å². The monoisotopic (exact) mass is 614 g/mol. The van der Waals surface area contributed by atoms with E-state index in [4.69, 9.17) is 39.0 Å². The number of azide groups is 1. The van der Waals surface area contributed by atoms with Crippen LogP contribution in [0, 0.1) is 0 Å². The molecule has 0 saturated carbocycles. The number of nitrogens with one attached hydrogen (secondary N) is 1. The summed E-state index contributed by atoms with van der Waals surface area (Å²) in [6.45, 7) is 2.20. The molecule has 2 rings (SSSR count). The van der Waals surface area contributed by atoms with E-state index in [1.807, 2.05) is 0 Å². The molecule has 0 aromatic heterocycles. The molecule has 0 aromatic carbocycles. The van der Waals surface area contributed by atoms with Crippen LogP contribution in [0.2, 0.25) is 0 Å². The minimum Gasteiger partial charge on any atom is -0.432 e. The van der Waals surface area contributed by atoms with Crippen LogP contribution in [0.4, 0.5) is 18.8 Å². The van der Waals surface area contributed by atoms with Gasteiger partial charge in [-0.25, -0.2) is 32.4 Å². The molecular formula is C20H32FN6O13P. The quantitative estimate of drug-likeness (QED) is 0.0633. The molecule has 1 unspecified atom stereocenters. The van der Waals surface area contributed by atoms with Crippen LogP contribution in [0.5, 0.6) is 0 Å². The molecule has 4 N–H and O–H groups in total. The summed E-state index contributed by atoms with van der Waals surface area (Å²) >= 11 is 0. The molecule has 232 valence electrons. The van der Waals surface area contributed by atoms with Gasteiger partial charge in [-0.05, 0) is 39.3 Å². The van der Waals surface area contributed by atoms with Gasteiger partial charge >= 0.3 is 26.2 Å². The lowest BCUT2D eigenvalue weighted by Gasteiger charge is -2.33. The molecule has 0 aliphatic carbocycles. The molecule has 19 nitrogen and oxygen atoms in total. The molecule has 0 aromatic rings. The third-order valence-electron chi connectivity index (χ3n) is 5.03. The Morgan fingerprint density at radius 2 is 1.78 bits per heavy atom. The molecule has 21 heteroatoms. The maximum atomic E-state index is 15.2. The van der Waals surface area contributed by atoms with Crippen molar-refractivity contribution in [3.8, 4) is 0 Å². The number of nitrogens with two attached hydrogens (primary N) is 1. The fraction of sp³-hybridized carbons (Fsp3) is 0.750. The van der Waals surface area contributed by atoms with Crippen molar-refractivity contribution < 1.29 is 65.7 Å². The molecule has 2 heterocycles. The molecule has 0 spiro atoms. The van der Waals surface area contributed by atoms with Crippen LogP contribution in [0.25, 0.3) is 10.4 Å². The Morgan fingerprint density at radius 3 is 2.27 bits per heavy atom. The van der Waals surface area contributed by atoms with E-state index >= 15 is 4.39 Å². The first-order valence-electron chi connectivity index (χ1n) is 12.0. The molecule has 2 aliphatic rings. The SMILES string of the molecule is CC(C)OC(=O)OCOP(=O)(OCOC(=O)OC(C)C)OC[C@@]1(CN=[N+]=[N-])O[C@@H](N2C=CC(N)NC2=O)[C@H](F)[C@@H]1O. The number of carbonyl (C=O) groups excluding carboxylic acids is 3. The van der Waals surface area contributed by atoms with Gasteiger partial charge in [0.25, 0.3) is 0 Å². The van der Waals surface area contributed by atoms with Crippen molar-refractivity contribution in [2.75, 3.05) is 26.7 Å². The molecule has 1 saturated heterocycles. The number of nitrogens with zero attached hydrogens (tertiary/aromatic N) is 4. The number of alkyl halides is 1. The lowest BCUT2D eigenvalue weighted by atomic mass is 9.97. The second-order valence-corrected chi connectivity index (χ2v) is 10.6. The predicted molar refractivity (Wildman–Crippen MR) is 131 cm³/mol. The predicted octanol–water partition coefficient (Wildman–Crippen LogP) is 2.11. The normalized spacial score (nSPS) is 26.0. The van der Waals surface area contributed by atoms with Crippen LogP contribution < -0.4 is 11.1 Å². The van der Waals surface area contributed by atoms with Crippen molar-refractivity contribution in [1.29, 1.82) is 0 Å². The van der Waals surface area contributed by atoms with Gasteiger partial charge in [0.1, 0.15) is 11.7 Å². The first-order chi connectivity index (χ1) is 19.2. The van der Waals surface area contributed by atoms with E-state index in [0.717, 1.165) is 11.1 Å². The van der Waals surface area contributed by atoms with E-state index in [0.29, 0.717) is 0 Å². The lowest BCUT2D eigenvalue weighted by Crippen LogP contribution is -2.54. The van der Waals surface area contributed by atoms with E-state index in [-0.39, 0.29) is 0 Å². The molecule has 2 amide bonds. The zero-order chi connectivity index (χ0) is 30.8. The highest BCUT2D eigenvalue weighted by Gasteiger charge is 2.58. The standard InChI is InChI=1S/C20H32FN6O13P/c1-11(2)38-18(30)33-9-36-41(32,37-10-34-19(31)39-12(3)4)35-8-20(7-24-26-23)15(28)14(21)16(40-20)27-6-5-13(22)25-17(27)29/h5-6,11-16,28H,7-10,22H2,1-4H3,(H,25,29)/t13?,14-,15+,16-,20-/m1/s1. The number of aliphatic hydroxyl groups excluding tert-OH is 1. The van der Waals surface area contributed by atoms with Gasteiger partial charge in [0.15, 0.2) is 12.4 Å². The molecule has 2 aliphatic heterocycles. The number of hydrogen-bond acceptors (Lipinski definition) is 15. The average Bonchev–Trinajstić information content (AvgIpc) is 3.11. The summed E-state index contributed by atoms with van der Waals surface area (Å²) in [5.74, 6) is 0. The van der Waals surface area contributed by atoms with Crippen molar-refractivity contribution in [3.05, 3.63) is 22.7 Å². The molecular weight excluding hydrogens is 582 g/mol. The lowest BCUT2D eigenvalue weighted by molar-refractivity contribution is -0.129. The van der Waals surface area contributed by atoms with Gasteiger partial charge in [-0.15, -0.1) is 0 Å². The Balaban J connectivity index is 2.22. The van der Waals surface area contributed by atoms with Crippen molar-refractivity contribution in [2.45, 2.75) is 70.2 Å². The largest absolute Gasteiger partial charge is 0.510 e. The van der Waals surface area contributed by atoms with Gasteiger partial charge in [-0.2, -0.15) is 0 Å². The van der Waals surface area contributed by atoms with Gasteiger partial charge in [-0.1, -0.05) is 5.11 Å². The number of rotatable bonds is 14. The maximum Gasteiger partial charge on any atom is 0.510 e. The van der Waals surface area contributed by atoms with Gasteiger partial charge in [-0.3, -0.25) is 9.42 Å². The van der Waals surface area contributed by atoms with E-state index in [1.54, 1.807) is 0 Å². The zero-order valence-corrected chi connectivity index (χ0v) is 23.4. The second-order valence-electron chi connectivity index (χ2n) is 8.91. The Bertz CT molecular complexity index is 1030. The van der Waals surface area contributed by atoms with Crippen molar-refractivity contribution >= 4 is 26.2 Å². The number of phosphoric acid groups is 1. The third-order valence-corrected chi connectivity index (χ3v) is 6.32. The number of hydrogen-bond donors (Lipinski definition) is 3. The maximum absolute atomic E-state index is 15.2. The smallest absolute Gasteiger partial charge is 0.432 e. The minimum absolute atomic E-state index is 0.558. The number of carbonyl (C=O) groups is 3. The van der Waals surface area contributed by atoms with E-state index in [2.05, 4.69) is 24.8 Å². The highest BCUT2D eigenvalue weighted by molar-refractivity contribution is 7.48. The Labute approximate surface area is 233 Å². The number of ether oxygens (including phenoxy) is 5. The summed E-state index contributed by atoms with van der Waals surface area (Å²) < 4.78 is 67.9. The Hall–Kier alpha value is -3.22. The van der Waals surface area contributed by atoms with Crippen LogP contribution in [0.1, 0.15) is 27.7 Å². The summed E-state index contributed by atoms with van der Waals surface area (Å²) in [6, 6.07) is -0.867. The molecule has 5 atom stereocenters. The molecule has 1 fully saturated rings. The number of amides is 2. The zero-order valence-electron chi connectivity index (χ0n) is 22.5. The van der Waals surface area contributed by atoms with Crippen LogP contribution in [-0.2, 0) is 41.8 Å². The topological polar surface area (TPSA) is 252 Å². The van der Waals surface area contributed by atoms with E-state index < -0.39 is 95.4 Å². The second kappa shape index (κ2) is 15.1. The van der Waals surface area contributed by atoms with Crippen LogP contribution in [-0.4, -0.2) is 97.6 Å². The van der Waals surface area contributed by atoms with Crippen molar-refractivity contribution in [2.24, 2.45) is 10.8 Å². The average molecular weight is 614 g/mol. The van der Waals surface area contributed by atoms with Crippen molar-refractivity contribution in [1.82, 2.24) is 10.2 Å². The third kappa shape index (κ3) is 9.98. The Morgan fingerprint density at radius 1 is 1.22 bits per heavy atom. The number of urea groups is 1. The van der Waals surface area contributed by atoms with Crippen molar-refractivity contribution in [3.63, 3.8) is 0 Å². The minimum atomic E-state index is -4.88. The summed E-state index contributed by atoms with van der Waals surface area (Å²) in [5, 5.41) is 16.3. The van der Waals surface area contributed by atoms with Gasteiger partial charge in [0.2, 0.25) is 13.6 Å². The molecule has 0 radical (unpaired) electrons. The number of halogens is 1. The van der Waals surface area contributed by atoms with Gasteiger partial charge < -0.3 is 39.8 Å². The van der Waals surface area contributed by atoms with Crippen LogP contribution in [0.3, 0.4) is 0 Å². The first-order valence-corrected chi connectivity index (χ1v) is 13.4. The number of aliphatic hydroxyl groups is 1. The first kappa shape index (κ1) is 34.0. The fourth-order valence-corrected chi connectivity index (χ4v) is 4.19. The summed E-state index contributed by atoms with van der Waals surface area (Å²) in [6.07, 6.45) is -8.12. The van der Waals surface area contributed by atoms with Gasteiger partial charge in [0.05, 0.1) is 31.5 Å². The van der Waals surface area contributed by atoms with Crippen LogP contribution >= 0.6 is 7.82 Å². The molecule has 0 bridgehead atoms.